The highest BCUT2D eigenvalue weighted by molar-refractivity contribution is 4.88. The van der Waals surface area contributed by atoms with E-state index in [1.165, 1.54) is 19.4 Å². The lowest BCUT2D eigenvalue weighted by Gasteiger charge is -2.46. The van der Waals surface area contributed by atoms with E-state index < -0.39 is 0 Å². The van der Waals surface area contributed by atoms with Gasteiger partial charge in [0.25, 0.3) is 0 Å². The molecule has 7 nitrogen and oxygen atoms in total. The van der Waals surface area contributed by atoms with E-state index in [1.807, 2.05) is 0 Å². The van der Waals surface area contributed by atoms with Crippen LogP contribution in [-0.2, 0) is 0 Å². The summed E-state index contributed by atoms with van der Waals surface area (Å²) in [4.78, 5) is 13.2. The molecule has 0 aromatic carbocycles. The van der Waals surface area contributed by atoms with Gasteiger partial charge in [-0.3, -0.25) is 14.7 Å². The Morgan fingerprint density at radius 3 is 1.37 bits per heavy atom. The second kappa shape index (κ2) is 19.9. The molecule has 0 amide bonds. The maximum absolute atomic E-state index is 6.12. The summed E-state index contributed by atoms with van der Waals surface area (Å²) in [6.45, 7) is 44.8. The Bertz CT molecular complexity index is 616. The molecule has 0 atom stereocenters. The molecule has 0 heterocycles. The number of nitrogens with two attached hydrogens (primary N) is 2. The number of hydrogen-bond acceptors (Lipinski definition) is 7. The summed E-state index contributed by atoms with van der Waals surface area (Å²) >= 11 is 0. The Morgan fingerprint density at radius 2 is 0.951 bits per heavy atom. The summed E-state index contributed by atoms with van der Waals surface area (Å²) in [5.74, 6) is 0.760. The zero-order chi connectivity index (χ0) is 31.9. The Kier molecular flexibility index (Phi) is 19.8. The Morgan fingerprint density at radius 1 is 0.512 bits per heavy atom. The van der Waals surface area contributed by atoms with Gasteiger partial charge in [-0.25, -0.2) is 0 Å². The van der Waals surface area contributed by atoms with E-state index in [-0.39, 0.29) is 16.5 Å². The van der Waals surface area contributed by atoms with Crippen molar-refractivity contribution in [2.24, 2.45) is 22.8 Å². The van der Waals surface area contributed by atoms with Crippen LogP contribution in [0.3, 0.4) is 0 Å². The molecule has 0 spiro atoms. The molecule has 0 bridgehead atoms. The van der Waals surface area contributed by atoms with Crippen molar-refractivity contribution in [1.29, 1.82) is 0 Å². The van der Waals surface area contributed by atoms with Gasteiger partial charge in [-0.05, 0) is 86.1 Å². The zero-order valence-electron chi connectivity index (χ0n) is 30.4. The maximum atomic E-state index is 6.12. The minimum Gasteiger partial charge on any atom is -0.329 e. The minimum atomic E-state index is 0.144. The van der Waals surface area contributed by atoms with Gasteiger partial charge < -0.3 is 21.3 Å². The molecule has 0 rings (SSSR count). The van der Waals surface area contributed by atoms with Crippen molar-refractivity contribution in [3.8, 4) is 0 Å². The lowest BCUT2D eigenvalue weighted by molar-refractivity contribution is 0.0237. The molecule has 0 aliphatic rings. The fourth-order valence-electron chi connectivity index (χ4n) is 6.07. The maximum Gasteiger partial charge on any atom is 0.0130 e. The fraction of sp³-hybridized carbons (Fsp3) is 1.00. The first-order valence-electron chi connectivity index (χ1n) is 16.9. The molecule has 0 fully saturated rings. The zero-order valence-corrected chi connectivity index (χ0v) is 30.4. The molecule has 0 saturated carbocycles. The van der Waals surface area contributed by atoms with Gasteiger partial charge in [0.1, 0.15) is 0 Å². The summed E-state index contributed by atoms with van der Waals surface area (Å²) in [7, 11) is 0. The summed E-state index contributed by atoms with van der Waals surface area (Å²) in [5, 5.41) is 0. The van der Waals surface area contributed by atoms with Crippen LogP contribution in [0.25, 0.3) is 0 Å². The van der Waals surface area contributed by atoms with Crippen LogP contribution in [0, 0.1) is 11.3 Å². The first kappa shape index (κ1) is 40.7. The summed E-state index contributed by atoms with van der Waals surface area (Å²) in [6.07, 6.45) is 2.56. The number of nitrogens with zero attached hydrogens (tertiary/aromatic N) is 5. The normalized spacial score (nSPS) is 13.9. The van der Waals surface area contributed by atoms with Gasteiger partial charge in [-0.15, -0.1) is 0 Å². The van der Waals surface area contributed by atoms with Crippen molar-refractivity contribution >= 4 is 0 Å². The van der Waals surface area contributed by atoms with Crippen molar-refractivity contribution < 1.29 is 0 Å². The highest BCUT2D eigenvalue weighted by atomic mass is 15.3. The van der Waals surface area contributed by atoms with Crippen LogP contribution < -0.4 is 11.5 Å². The van der Waals surface area contributed by atoms with Crippen LogP contribution >= 0.6 is 0 Å². The second-order valence-electron chi connectivity index (χ2n) is 16.3. The van der Waals surface area contributed by atoms with Crippen molar-refractivity contribution in [2.45, 2.75) is 120 Å². The van der Waals surface area contributed by atoms with E-state index in [0.717, 1.165) is 84.5 Å². The molecular formula is C34H77N7. The SMILES string of the molecule is CC(C)CCCN(CCN(CCN)CCN(CCN(C(C)(C)C)C(C)(C)C)CC(C)(C)C)CCN(CCN)C(C)C. The molecule has 0 saturated heterocycles. The van der Waals surface area contributed by atoms with Crippen molar-refractivity contribution in [1.82, 2.24) is 24.5 Å². The van der Waals surface area contributed by atoms with Gasteiger partial charge >= 0.3 is 0 Å². The molecular weight excluding hydrogens is 506 g/mol. The van der Waals surface area contributed by atoms with E-state index in [9.17, 15) is 0 Å². The summed E-state index contributed by atoms with van der Waals surface area (Å²) in [5.41, 5.74) is 12.6. The van der Waals surface area contributed by atoms with Crippen LogP contribution in [0.5, 0.6) is 0 Å². The summed E-state index contributed by atoms with van der Waals surface area (Å²) < 4.78 is 0. The minimum absolute atomic E-state index is 0.144. The molecule has 0 unspecified atom stereocenters. The Hall–Kier alpha value is -0.280. The molecule has 0 radical (unpaired) electrons. The average molecular weight is 584 g/mol. The molecule has 41 heavy (non-hydrogen) atoms. The average Bonchev–Trinajstić information content (AvgIpc) is 2.79. The standard InChI is InChI=1S/C34H77N7/c1-30(2)15-14-18-37(25-27-40(20-17-36)31(3)4)21-22-38(19-16-35)23-24-39(29-32(5,6)7)26-28-41(33(8,9)10)34(11,12)13/h30-31H,14-29,35-36H2,1-13H3. The van der Waals surface area contributed by atoms with Crippen molar-refractivity contribution in [3.63, 3.8) is 0 Å². The van der Waals surface area contributed by atoms with Crippen LogP contribution in [0.4, 0.5) is 0 Å². The second-order valence-corrected chi connectivity index (χ2v) is 16.3. The van der Waals surface area contributed by atoms with Gasteiger partial charge in [0.15, 0.2) is 0 Å². The lowest BCUT2D eigenvalue weighted by atomic mass is 9.95. The third-order valence-electron chi connectivity index (χ3n) is 7.97. The Labute approximate surface area is 258 Å². The van der Waals surface area contributed by atoms with E-state index >= 15 is 0 Å². The predicted octanol–water partition coefficient (Wildman–Crippen LogP) is 4.90. The van der Waals surface area contributed by atoms with E-state index in [2.05, 4.69) is 115 Å². The largest absolute Gasteiger partial charge is 0.329 e. The highest BCUT2D eigenvalue weighted by Crippen LogP contribution is 2.25. The molecule has 0 aliphatic heterocycles. The first-order chi connectivity index (χ1) is 18.8. The van der Waals surface area contributed by atoms with Gasteiger partial charge in [0.05, 0.1) is 0 Å². The molecule has 4 N–H and O–H groups in total. The quantitative estimate of drug-likeness (QED) is 0.188. The van der Waals surface area contributed by atoms with Gasteiger partial charge in [0, 0.05) is 102 Å². The molecule has 0 aromatic heterocycles. The van der Waals surface area contributed by atoms with Crippen molar-refractivity contribution in [3.05, 3.63) is 0 Å². The summed E-state index contributed by atoms with van der Waals surface area (Å²) in [6, 6.07) is 0.533. The van der Waals surface area contributed by atoms with E-state index in [4.69, 9.17) is 11.5 Å². The molecule has 0 aliphatic carbocycles. The molecule has 7 heteroatoms. The van der Waals surface area contributed by atoms with Crippen LogP contribution in [0.1, 0.15) is 103 Å². The fourth-order valence-corrected chi connectivity index (χ4v) is 6.07. The van der Waals surface area contributed by atoms with Gasteiger partial charge in [-0.2, -0.15) is 0 Å². The number of hydrogen-bond donors (Lipinski definition) is 2. The topological polar surface area (TPSA) is 68.2 Å². The predicted molar refractivity (Wildman–Crippen MR) is 184 cm³/mol. The number of rotatable bonds is 22. The van der Waals surface area contributed by atoms with E-state index in [0.29, 0.717) is 12.6 Å². The van der Waals surface area contributed by atoms with Crippen LogP contribution in [0.2, 0.25) is 0 Å². The third-order valence-corrected chi connectivity index (χ3v) is 7.97. The van der Waals surface area contributed by atoms with Crippen LogP contribution in [-0.4, -0.2) is 133 Å². The Balaban J connectivity index is 5.38. The van der Waals surface area contributed by atoms with Crippen molar-refractivity contribution in [2.75, 3.05) is 91.6 Å². The lowest BCUT2D eigenvalue weighted by Crippen LogP contribution is -2.55. The molecule has 0 aromatic rings. The van der Waals surface area contributed by atoms with Gasteiger partial charge in [0.2, 0.25) is 0 Å². The first-order valence-corrected chi connectivity index (χ1v) is 16.9. The monoisotopic (exact) mass is 584 g/mol. The smallest absolute Gasteiger partial charge is 0.0130 e. The van der Waals surface area contributed by atoms with Crippen LogP contribution in [0.15, 0.2) is 0 Å². The third kappa shape index (κ3) is 20.3. The molecule has 248 valence electrons. The van der Waals surface area contributed by atoms with Gasteiger partial charge in [-0.1, -0.05) is 34.6 Å². The highest BCUT2D eigenvalue weighted by Gasteiger charge is 2.31. The van der Waals surface area contributed by atoms with E-state index in [1.54, 1.807) is 0 Å².